The normalized spacial score (nSPS) is 11.8. The van der Waals surface area contributed by atoms with Crippen molar-refractivity contribution in [2.24, 2.45) is 0 Å². The van der Waals surface area contributed by atoms with Crippen molar-refractivity contribution in [1.29, 1.82) is 0 Å². The van der Waals surface area contributed by atoms with Crippen LogP contribution in [-0.4, -0.2) is 22.6 Å². The van der Waals surface area contributed by atoms with Gasteiger partial charge in [-0.15, -0.1) is 0 Å². The zero-order valence-electron chi connectivity index (χ0n) is 13.6. The summed E-state index contributed by atoms with van der Waals surface area (Å²) >= 11 is 0. The maximum Gasteiger partial charge on any atom is 0.311 e. The van der Waals surface area contributed by atoms with E-state index >= 15 is 0 Å². The third-order valence-electron chi connectivity index (χ3n) is 3.78. The van der Waals surface area contributed by atoms with Crippen molar-refractivity contribution in [3.05, 3.63) is 69.3 Å². The van der Waals surface area contributed by atoms with Gasteiger partial charge in [-0.25, -0.2) is 0 Å². The molecule has 0 saturated carbocycles. The van der Waals surface area contributed by atoms with Gasteiger partial charge in [0.25, 0.3) is 5.69 Å². The number of carboxylic acid groups (broad SMARTS) is 1. The van der Waals surface area contributed by atoms with E-state index in [2.05, 4.69) is 0 Å². The molecule has 0 fully saturated rings. The number of aryl methyl sites for hydroxylation is 1. The van der Waals surface area contributed by atoms with Gasteiger partial charge >= 0.3 is 5.97 Å². The Kier molecular flexibility index (Phi) is 5.52. The van der Waals surface area contributed by atoms with Crippen molar-refractivity contribution in [2.45, 2.75) is 26.2 Å². The van der Waals surface area contributed by atoms with E-state index in [1.165, 1.54) is 6.07 Å². The van der Waals surface area contributed by atoms with Crippen LogP contribution >= 0.6 is 0 Å². The monoisotopic (exact) mass is 329 g/mol. The number of ether oxygens (including phenoxy) is 1. The highest BCUT2D eigenvalue weighted by atomic mass is 16.6. The van der Waals surface area contributed by atoms with Gasteiger partial charge in [0.1, 0.15) is 5.75 Å². The molecule has 0 spiro atoms. The average Bonchev–Trinajstić information content (AvgIpc) is 2.54. The molecule has 24 heavy (non-hydrogen) atoms. The van der Waals surface area contributed by atoms with Gasteiger partial charge in [-0.1, -0.05) is 24.3 Å². The zero-order valence-corrected chi connectivity index (χ0v) is 13.6. The molecule has 0 aliphatic carbocycles. The van der Waals surface area contributed by atoms with Crippen molar-refractivity contribution in [3.8, 4) is 5.75 Å². The minimum absolute atomic E-state index is 0.000272. The fraction of sp³-hybridized carbons (Fsp3) is 0.278. The van der Waals surface area contributed by atoms with Crippen LogP contribution in [0.2, 0.25) is 0 Å². The predicted octanol–water partition coefficient (Wildman–Crippen LogP) is 3.71. The van der Waals surface area contributed by atoms with Crippen molar-refractivity contribution < 1.29 is 19.6 Å². The summed E-state index contributed by atoms with van der Waals surface area (Å²) in [5.41, 5.74) is 1.77. The third-order valence-corrected chi connectivity index (χ3v) is 3.78. The number of aliphatic carboxylic acids is 1. The molecule has 0 bridgehead atoms. The summed E-state index contributed by atoms with van der Waals surface area (Å²) in [5.74, 6) is -1.17. The number of carbonyl (C=O) groups is 1. The Hall–Kier alpha value is -2.89. The Morgan fingerprint density at radius 3 is 2.67 bits per heavy atom. The Bertz CT molecular complexity index is 757. The molecular formula is C18H19NO5. The summed E-state index contributed by atoms with van der Waals surface area (Å²) in [6.45, 7) is 4.00. The first kappa shape index (κ1) is 17.5. The van der Waals surface area contributed by atoms with Crippen LogP contribution in [-0.2, 0) is 11.2 Å². The Morgan fingerprint density at radius 1 is 1.29 bits per heavy atom. The van der Waals surface area contributed by atoms with Crippen LogP contribution in [0.15, 0.2) is 42.5 Å². The molecule has 1 unspecified atom stereocenters. The van der Waals surface area contributed by atoms with Gasteiger partial charge in [0.2, 0.25) is 0 Å². The Labute approximate surface area is 139 Å². The molecule has 2 rings (SSSR count). The summed E-state index contributed by atoms with van der Waals surface area (Å²) in [7, 11) is 0. The molecule has 0 aromatic heterocycles. The van der Waals surface area contributed by atoms with Crippen LogP contribution in [0.5, 0.6) is 5.75 Å². The van der Waals surface area contributed by atoms with E-state index in [0.717, 1.165) is 0 Å². The number of nitrogens with zero attached hydrogens (tertiary/aromatic N) is 1. The van der Waals surface area contributed by atoms with Crippen LogP contribution in [0, 0.1) is 17.0 Å². The summed E-state index contributed by atoms with van der Waals surface area (Å²) in [5, 5.41) is 20.6. The maximum absolute atomic E-state index is 11.7. The molecule has 1 atom stereocenters. The second-order valence-corrected chi connectivity index (χ2v) is 5.48. The molecule has 0 aliphatic heterocycles. The predicted molar refractivity (Wildman–Crippen MR) is 89.5 cm³/mol. The van der Waals surface area contributed by atoms with Gasteiger partial charge in [0.05, 0.1) is 17.4 Å². The van der Waals surface area contributed by atoms with Crippen LogP contribution in [0.25, 0.3) is 0 Å². The summed E-state index contributed by atoms with van der Waals surface area (Å²) in [4.78, 5) is 22.3. The summed E-state index contributed by atoms with van der Waals surface area (Å²) in [6, 6.07) is 11.7. The molecular weight excluding hydrogens is 310 g/mol. The van der Waals surface area contributed by atoms with E-state index in [0.29, 0.717) is 29.0 Å². The molecule has 0 heterocycles. The van der Waals surface area contributed by atoms with Crippen LogP contribution in [0.3, 0.4) is 0 Å². The molecule has 2 aromatic rings. The van der Waals surface area contributed by atoms with Crippen LogP contribution in [0.4, 0.5) is 5.69 Å². The largest absolute Gasteiger partial charge is 0.494 e. The first-order valence-electron chi connectivity index (χ1n) is 7.61. The van der Waals surface area contributed by atoms with Gasteiger partial charge in [-0.2, -0.15) is 0 Å². The summed E-state index contributed by atoms with van der Waals surface area (Å²) < 4.78 is 5.41. The first-order chi connectivity index (χ1) is 11.4. The molecule has 6 heteroatoms. The molecule has 1 N–H and O–H groups in total. The van der Waals surface area contributed by atoms with Crippen molar-refractivity contribution >= 4 is 11.7 Å². The molecule has 126 valence electrons. The third kappa shape index (κ3) is 4.10. The molecule has 0 radical (unpaired) electrons. The van der Waals surface area contributed by atoms with Gasteiger partial charge < -0.3 is 9.84 Å². The van der Waals surface area contributed by atoms with E-state index in [4.69, 9.17) is 4.74 Å². The van der Waals surface area contributed by atoms with E-state index in [-0.39, 0.29) is 12.1 Å². The topological polar surface area (TPSA) is 89.7 Å². The fourth-order valence-electron chi connectivity index (χ4n) is 2.55. The SMILES string of the molecule is CCOc1cccc(C(Cc2ccc(C)c([N+](=O)[O-])c2)C(=O)O)c1. The second kappa shape index (κ2) is 7.59. The number of hydrogen-bond donors (Lipinski definition) is 1. The van der Waals surface area contributed by atoms with Gasteiger partial charge in [-0.05, 0) is 43.5 Å². The molecule has 0 aliphatic rings. The van der Waals surface area contributed by atoms with E-state index < -0.39 is 16.8 Å². The average molecular weight is 329 g/mol. The standard InChI is InChI=1S/C18H19NO5/c1-3-24-15-6-4-5-14(11-15)16(18(20)21)9-13-8-7-12(2)17(10-13)19(22)23/h4-8,10-11,16H,3,9H2,1-2H3,(H,20,21). The maximum atomic E-state index is 11.7. The minimum atomic E-state index is -0.980. The second-order valence-electron chi connectivity index (χ2n) is 5.48. The van der Waals surface area contributed by atoms with Crippen molar-refractivity contribution in [1.82, 2.24) is 0 Å². The van der Waals surface area contributed by atoms with Crippen molar-refractivity contribution in [3.63, 3.8) is 0 Å². The summed E-state index contributed by atoms with van der Waals surface area (Å²) in [6.07, 6.45) is 0.173. The van der Waals surface area contributed by atoms with E-state index in [1.807, 2.05) is 6.92 Å². The lowest BCUT2D eigenvalue weighted by Crippen LogP contribution is -2.15. The van der Waals surface area contributed by atoms with Crippen LogP contribution in [0.1, 0.15) is 29.5 Å². The number of benzene rings is 2. The number of carboxylic acids is 1. The van der Waals surface area contributed by atoms with E-state index in [1.54, 1.807) is 43.3 Å². The highest BCUT2D eigenvalue weighted by Crippen LogP contribution is 2.27. The minimum Gasteiger partial charge on any atom is -0.494 e. The van der Waals surface area contributed by atoms with Crippen molar-refractivity contribution in [2.75, 3.05) is 6.61 Å². The zero-order chi connectivity index (χ0) is 17.7. The van der Waals surface area contributed by atoms with Gasteiger partial charge in [0, 0.05) is 11.6 Å². The molecule has 0 amide bonds. The lowest BCUT2D eigenvalue weighted by molar-refractivity contribution is -0.385. The molecule has 0 saturated heterocycles. The Morgan fingerprint density at radius 2 is 2.04 bits per heavy atom. The van der Waals surface area contributed by atoms with E-state index in [9.17, 15) is 20.0 Å². The number of nitro benzene ring substituents is 1. The quantitative estimate of drug-likeness (QED) is 0.618. The fourth-order valence-corrected chi connectivity index (χ4v) is 2.55. The van der Waals surface area contributed by atoms with Gasteiger partial charge in [0.15, 0.2) is 0 Å². The lowest BCUT2D eigenvalue weighted by Gasteiger charge is -2.14. The smallest absolute Gasteiger partial charge is 0.311 e. The molecule has 2 aromatic carbocycles. The lowest BCUT2D eigenvalue weighted by atomic mass is 9.91. The van der Waals surface area contributed by atoms with Crippen LogP contribution < -0.4 is 4.74 Å². The molecule has 6 nitrogen and oxygen atoms in total. The number of rotatable bonds is 7. The highest BCUT2D eigenvalue weighted by Gasteiger charge is 2.22. The Balaban J connectivity index is 2.33. The first-order valence-corrected chi connectivity index (χ1v) is 7.61. The highest BCUT2D eigenvalue weighted by molar-refractivity contribution is 5.76. The van der Waals surface area contributed by atoms with Gasteiger partial charge in [-0.3, -0.25) is 14.9 Å². The number of nitro groups is 1. The number of hydrogen-bond acceptors (Lipinski definition) is 4.